The molecular formula is C21H23IN2O6. The Morgan fingerprint density at radius 1 is 1.10 bits per heavy atom. The van der Waals surface area contributed by atoms with Crippen LogP contribution in [-0.4, -0.2) is 43.0 Å². The van der Waals surface area contributed by atoms with Crippen LogP contribution in [0.2, 0.25) is 0 Å². The molecule has 8 nitrogen and oxygen atoms in total. The Morgan fingerprint density at radius 3 is 2.43 bits per heavy atom. The fourth-order valence-corrected chi connectivity index (χ4v) is 3.25. The lowest BCUT2D eigenvalue weighted by Gasteiger charge is -2.13. The van der Waals surface area contributed by atoms with Crippen LogP contribution in [0.4, 0.5) is 0 Å². The molecule has 1 amide bonds. The third kappa shape index (κ3) is 7.54. The first-order valence-electron chi connectivity index (χ1n) is 9.27. The van der Waals surface area contributed by atoms with Crippen molar-refractivity contribution in [3.05, 3.63) is 51.1 Å². The van der Waals surface area contributed by atoms with E-state index in [4.69, 9.17) is 19.3 Å². The Bertz CT molecular complexity index is 899. The number of amides is 1. The predicted octanol–water partition coefficient (Wildman–Crippen LogP) is 3.24. The average Bonchev–Trinajstić information content (AvgIpc) is 2.69. The van der Waals surface area contributed by atoms with Gasteiger partial charge in [-0.1, -0.05) is 12.1 Å². The van der Waals surface area contributed by atoms with Gasteiger partial charge in [-0.05, 0) is 71.8 Å². The smallest absolute Gasteiger partial charge is 0.341 e. The Labute approximate surface area is 188 Å². The average molecular weight is 526 g/mol. The van der Waals surface area contributed by atoms with Crippen LogP contribution >= 0.6 is 22.6 Å². The second-order valence-corrected chi connectivity index (χ2v) is 7.15. The number of hydrogen-bond donors (Lipinski definition) is 2. The van der Waals surface area contributed by atoms with E-state index >= 15 is 0 Å². The summed E-state index contributed by atoms with van der Waals surface area (Å²) in [4.78, 5) is 22.9. The highest BCUT2D eigenvalue weighted by Crippen LogP contribution is 2.33. The van der Waals surface area contributed by atoms with Crippen molar-refractivity contribution < 1.29 is 28.9 Å². The van der Waals surface area contributed by atoms with Crippen LogP contribution in [0.25, 0.3) is 0 Å². The van der Waals surface area contributed by atoms with Crippen LogP contribution < -0.4 is 19.6 Å². The van der Waals surface area contributed by atoms with Gasteiger partial charge in [0.05, 0.1) is 29.4 Å². The minimum absolute atomic E-state index is 0.188. The molecule has 2 rings (SSSR count). The summed E-state index contributed by atoms with van der Waals surface area (Å²) in [5, 5.41) is 12.8. The number of nitrogens with one attached hydrogen (secondary N) is 1. The zero-order valence-corrected chi connectivity index (χ0v) is 18.8. The van der Waals surface area contributed by atoms with E-state index in [1.807, 2.05) is 60.7 Å². The van der Waals surface area contributed by atoms with Gasteiger partial charge in [-0.2, -0.15) is 5.10 Å². The van der Waals surface area contributed by atoms with Gasteiger partial charge in [-0.15, -0.1) is 0 Å². The molecule has 0 atom stereocenters. The first-order valence-corrected chi connectivity index (χ1v) is 10.3. The fourth-order valence-electron chi connectivity index (χ4n) is 2.47. The maximum Gasteiger partial charge on any atom is 0.341 e. The van der Waals surface area contributed by atoms with Crippen molar-refractivity contribution in [2.24, 2.45) is 5.10 Å². The van der Waals surface area contributed by atoms with Gasteiger partial charge < -0.3 is 19.3 Å². The number of rotatable bonds is 11. The third-order valence-corrected chi connectivity index (χ3v) is 4.47. The van der Waals surface area contributed by atoms with Gasteiger partial charge in [0.15, 0.2) is 18.1 Å². The van der Waals surface area contributed by atoms with E-state index < -0.39 is 12.6 Å². The van der Waals surface area contributed by atoms with E-state index in [1.165, 1.54) is 6.21 Å². The van der Waals surface area contributed by atoms with Crippen molar-refractivity contribution in [1.29, 1.82) is 0 Å². The lowest BCUT2D eigenvalue weighted by atomic mass is 10.1. The maximum atomic E-state index is 12.1. The van der Waals surface area contributed by atoms with Gasteiger partial charge in [-0.25, -0.2) is 10.2 Å². The monoisotopic (exact) mass is 526 g/mol. The van der Waals surface area contributed by atoms with Crippen molar-refractivity contribution in [3.63, 3.8) is 0 Å². The number of aliphatic carboxylic acids is 1. The predicted molar refractivity (Wildman–Crippen MR) is 121 cm³/mol. The molecule has 9 heteroatoms. The highest BCUT2D eigenvalue weighted by atomic mass is 127. The highest BCUT2D eigenvalue weighted by molar-refractivity contribution is 14.1. The fraction of sp³-hybridized carbons (Fsp3) is 0.286. The van der Waals surface area contributed by atoms with Gasteiger partial charge in [0, 0.05) is 0 Å². The van der Waals surface area contributed by atoms with E-state index in [2.05, 4.69) is 10.5 Å². The molecule has 2 aromatic rings. The summed E-state index contributed by atoms with van der Waals surface area (Å²) in [6.45, 7) is 4.24. The number of carbonyl (C=O) groups excluding carboxylic acids is 1. The van der Waals surface area contributed by atoms with E-state index in [9.17, 15) is 9.59 Å². The maximum absolute atomic E-state index is 12.1. The zero-order valence-electron chi connectivity index (χ0n) is 16.7. The van der Waals surface area contributed by atoms with Gasteiger partial charge >= 0.3 is 5.97 Å². The summed E-state index contributed by atoms with van der Waals surface area (Å²) in [5.41, 5.74) is 4.01. The van der Waals surface area contributed by atoms with Crippen LogP contribution in [0, 0.1) is 3.57 Å². The summed E-state index contributed by atoms with van der Waals surface area (Å²) in [7, 11) is 0. The molecule has 2 aromatic carbocycles. The molecule has 0 spiro atoms. The molecule has 30 heavy (non-hydrogen) atoms. The van der Waals surface area contributed by atoms with E-state index in [-0.39, 0.29) is 12.3 Å². The first kappa shape index (κ1) is 23.5. The number of carboxylic acids is 1. The second kappa shape index (κ2) is 12.0. The molecule has 0 radical (unpaired) electrons. The zero-order chi connectivity index (χ0) is 21.9. The Kier molecular flexibility index (Phi) is 9.39. The van der Waals surface area contributed by atoms with Crippen LogP contribution in [0.1, 0.15) is 25.0 Å². The van der Waals surface area contributed by atoms with Gasteiger partial charge in [0.25, 0.3) is 0 Å². The van der Waals surface area contributed by atoms with Crippen LogP contribution in [-0.2, 0) is 16.0 Å². The van der Waals surface area contributed by atoms with Gasteiger partial charge in [-0.3, -0.25) is 4.79 Å². The standard InChI is InChI=1S/C21H23IN2O6/c1-3-28-16-7-5-14(6-8-16)11-19(25)24-23-12-15-9-17(22)21(30-13-20(26)27)18(10-15)29-4-2/h5-10,12H,3-4,11,13H2,1-2H3,(H,24,25)(H,26,27)/b23-12-. The molecule has 0 aromatic heterocycles. The first-order chi connectivity index (χ1) is 14.4. The lowest BCUT2D eigenvalue weighted by Crippen LogP contribution is -2.19. The molecule has 0 unspecified atom stereocenters. The number of carboxylic acid groups (broad SMARTS) is 1. The molecule has 0 saturated heterocycles. The van der Waals surface area contributed by atoms with Gasteiger partial charge in [0.2, 0.25) is 5.91 Å². The molecule has 0 fully saturated rings. The van der Waals surface area contributed by atoms with Crippen molar-refractivity contribution >= 4 is 40.7 Å². The lowest BCUT2D eigenvalue weighted by molar-refractivity contribution is -0.139. The van der Waals surface area contributed by atoms with E-state index in [1.54, 1.807) is 12.1 Å². The summed E-state index contributed by atoms with van der Waals surface area (Å²) in [5.74, 6) is 0.199. The summed E-state index contributed by atoms with van der Waals surface area (Å²) in [6, 6.07) is 10.7. The molecule has 0 heterocycles. The number of ether oxygens (including phenoxy) is 3. The van der Waals surface area contributed by atoms with Gasteiger partial charge in [0.1, 0.15) is 5.75 Å². The number of hydrazone groups is 1. The van der Waals surface area contributed by atoms with Crippen molar-refractivity contribution in [1.82, 2.24) is 5.43 Å². The minimum atomic E-state index is -1.07. The molecule has 0 aliphatic heterocycles. The minimum Gasteiger partial charge on any atom is -0.494 e. The Hall–Kier alpha value is -2.82. The van der Waals surface area contributed by atoms with Crippen LogP contribution in [0.5, 0.6) is 17.2 Å². The highest BCUT2D eigenvalue weighted by Gasteiger charge is 2.13. The Balaban J connectivity index is 2.00. The molecule has 0 bridgehead atoms. The molecule has 0 aliphatic carbocycles. The Morgan fingerprint density at radius 2 is 1.80 bits per heavy atom. The van der Waals surface area contributed by atoms with Crippen LogP contribution in [0.3, 0.4) is 0 Å². The molecule has 0 aliphatic rings. The number of carbonyl (C=O) groups is 2. The summed E-state index contributed by atoms with van der Waals surface area (Å²) < 4.78 is 16.9. The SMILES string of the molecule is CCOc1ccc(CC(=O)N/N=C\c2cc(I)c(OCC(=O)O)c(OCC)c2)cc1. The summed E-state index contributed by atoms with van der Waals surface area (Å²) in [6.07, 6.45) is 1.68. The normalized spacial score (nSPS) is 10.6. The molecule has 2 N–H and O–H groups in total. The van der Waals surface area contributed by atoms with Crippen molar-refractivity contribution in [2.75, 3.05) is 19.8 Å². The number of hydrogen-bond acceptors (Lipinski definition) is 6. The number of benzene rings is 2. The molecule has 160 valence electrons. The largest absolute Gasteiger partial charge is 0.494 e. The topological polar surface area (TPSA) is 106 Å². The second-order valence-electron chi connectivity index (χ2n) is 5.99. The van der Waals surface area contributed by atoms with Crippen LogP contribution in [0.15, 0.2) is 41.5 Å². The number of nitrogens with zero attached hydrogens (tertiary/aromatic N) is 1. The quantitative estimate of drug-likeness (QED) is 0.265. The van der Waals surface area contributed by atoms with Crippen molar-refractivity contribution in [3.8, 4) is 17.2 Å². The van der Waals surface area contributed by atoms with Crippen molar-refractivity contribution in [2.45, 2.75) is 20.3 Å². The molecular weight excluding hydrogens is 503 g/mol. The third-order valence-electron chi connectivity index (χ3n) is 3.67. The van der Waals surface area contributed by atoms with E-state index in [0.29, 0.717) is 33.8 Å². The van der Waals surface area contributed by atoms with E-state index in [0.717, 1.165) is 11.3 Å². The number of halogens is 1. The molecule has 0 saturated carbocycles. The summed E-state index contributed by atoms with van der Waals surface area (Å²) >= 11 is 2.03.